The van der Waals surface area contributed by atoms with E-state index in [1.54, 1.807) is 0 Å². The van der Waals surface area contributed by atoms with Crippen LogP contribution in [0, 0.1) is 10.9 Å². The van der Waals surface area contributed by atoms with Gasteiger partial charge in [-0.05, 0) is 17.7 Å². The Labute approximate surface area is 161 Å². The molecule has 3 rings (SSSR count). The van der Waals surface area contributed by atoms with Crippen LogP contribution in [-0.2, 0) is 4.79 Å². The zero-order valence-corrected chi connectivity index (χ0v) is 16.3. The molecule has 0 spiro atoms. The van der Waals surface area contributed by atoms with Crippen LogP contribution in [0.15, 0.2) is 45.1 Å². The number of thiazole rings is 1. The number of amidine groups is 1. The first kappa shape index (κ1) is 18.2. The molecule has 1 aliphatic rings. The third-order valence-electron chi connectivity index (χ3n) is 3.43. The summed E-state index contributed by atoms with van der Waals surface area (Å²) in [5, 5.41) is 12.6. The van der Waals surface area contributed by atoms with Crippen molar-refractivity contribution in [2.24, 2.45) is 4.99 Å². The number of carbonyl (C=O) groups is 1. The van der Waals surface area contributed by atoms with E-state index in [-0.39, 0.29) is 16.7 Å². The van der Waals surface area contributed by atoms with Crippen molar-refractivity contribution < 1.29 is 18.7 Å². The highest BCUT2D eigenvalue weighted by Gasteiger charge is 2.32. The maximum absolute atomic E-state index is 13.4. The van der Waals surface area contributed by atoms with Gasteiger partial charge in [-0.15, -0.1) is 0 Å². The Hall–Kier alpha value is -1.65. The Morgan fingerprint density at radius 3 is 2.72 bits per heavy atom. The lowest BCUT2D eigenvalue weighted by Crippen LogP contribution is -2.34. The largest absolute Gasteiger partial charge is 0.478 e. The van der Waals surface area contributed by atoms with Gasteiger partial charge in [0.15, 0.2) is 16.0 Å². The van der Waals surface area contributed by atoms with Crippen LogP contribution < -0.4 is 5.32 Å². The van der Waals surface area contributed by atoms with Crippen molar-refractivity contribution in [1.29, 1.82) is 0 Å². The molecule has 0 radical (unpaired) electrons. The molecule has 25 heavy (non-hydrogen) atoms. The molecule has 1 aromatic heterocycles. The Kier molecular flexibility index (Phi) is 5.30. The average molecular weight is 493 g/mol. The molecule has 0 saturated heterocycles. The molecule has 1 aliphatic heterocycles. The Morgan fingerprint density at radius 1 is 1.40 bits per heavy atom. The zero-order valence-electron chi connectivity index (χ0n) is 12.3. The Bertz CT molecular complexity index is 914. The van der Waals surface area contributed by atoms with E-state index in [9.17, 15) is 18.7 Å². The molecule has 1 atom stereocenters. The Balaban J connectivity index is 2.16. The van der Waals surface area contributed by atoms with Crippen LogP contribution in [0.4, 0.5) is 8.78 Å². The van der Waals surface area contributed by atoms with E-state index in [2.05, 4.69) is 47.2 Å². The number of benzene rings is 1. The monoisotopic (exact) mass is 491 g/mol. The molecule has 0 aliphatic carbocycles. The van der Waals surface area contributed by atoms with Gasteiger partial charge in [-0.1, -0.05) is 49.3 Å². The summed E-state index contributed by atoms with van der Waals surface area (Å²) >= 11 is 7.30. The number of nitrogens with zero attached hydrogens (tertiary/aromatic N) is 2. The molecule has 5 nitrogen and oxygen atoms in total. The zero-order chi connectivity index (χ0) is 18.1. The van der Waals surface area contributed by atoms with Crippen LogP contribution in [0.3, 0.4) is 0 Å². The standard InChI is InChI=1S/C15H9Br2F2N3O2S/c16-4-9-11(15(23)24)12(7-2-1-6(18)3-8(7)17)22-13(21-9)14-20-5-10(19)25-14/h1-3,5,12H,4H2,(H,21,22)(H,23,24). The number of aromatic nitrogens is 1. The van der Waals surface area contributed by atoms with Gasteiger partial charge in [0.2, 0.25) is 0 Å². The smallest absolute Gasteiger partial charge is 0.335 e. The highest BCUT2D eigenvalue weighted by molar-refractivity contribution is 9.10. The number of alkyl halides is 1. The minimum absolute atomic E-state index is 0.0185. The molecule has 130 valence electrons. The summed E-state index contributed by atoms with van der Waals surface area (Å²) in [5.74, 6) is -1.36. The van der Waals surface area contributed by atoms with E-state index in [1.807, 2.05) is 0 Å². The van der Waals surface area contributed by atoms with Gasteiger partial charge in [0.05, 0.1) is 11.8 Å². The molecular formula is C15H9Br2F2N3O2S. The third kappa shape index (κ3) is 3.65. The topological polar surface area (TPSA) is 74.6 Å². The summed E-state index contributed by atoms with van der Waals surface area (Å²) in [6.45, 7) is 0. The number of hydrogen-bond donors (Lipinski definition) is 2. The first-order valence-corrected chi connectivity index (χ1v) is 9.57. The van der Waals surface area contributed by atoms with Gasteiger partial charge in [-0.2, -0.15) is 4.39 Å². The van der Waals surface area contributed by atoms with Gasteiger partial charge in [0.1, 0.15) is 11.9 Å². The second kappa shape index (κ2) is 7.30. The molecule has 2 N–H and O–H groups in total. The molecule has 1 aromatic carbocycles. The number of aliphatic imine (C=N–C) groups is 1. The molecule has 2 aromatic rings. The summed E-state index contributed by atoms with van der Waals surface area (Å²) in [7, 11) is 0. The SMILES string of the molecule is O=C(O)C1=C(CBr)NC(c2ncc(F)s2)=NC1c1ccc(F)cc1Br. The molecular weight excluding hydrogens is 484 g/mol. The van der Waals surface area contributed by atoms with Crippen molar-refractivity contribution in [1.82, 2.24) is 10.3 Å². The fourth-order valence-corrected chi connectivity index (χ4v) is 3.98. The number of nitrogens with one attached hydrogen (secondary N) is 1. The summed E-state index contributed by atoms with van der Waals surface area (Å²) in [6.07, 6.45) is 1.07. The molecule has 0 fully saturated rings. The van der Waals surface area contributed by atoms with Crippen molar-refractivity contribution in [2.45, 2.75) is 6.04 Å². The molecule has 1 unspecified atom stereocenters. The fraction of sp³-hybridized carbons (Fsp3) is 0.133. The summed E-state index contributed by atoms with van der Waals surface area (Å²) in [5.41, 5.74) is 0.868. The van der Waals surface area contributed by atoms with Gasteiger partial charge < -0.3 is 10.4 Å². The van der Waals surface area contributed by atoms with Gasteiger partial charge >= 0.3 is 5.97 Å². The van der Waals surface area contributed by atoms with Crippen LogP contribution in [0.1, 0.15) is 16.6 Å². The number of aliphatic carboxylic acids is 1. The minimum atomic E-state index is -1.16. The third-order valence-corrected chi connectivity index (χ3v) is 5.47. The van der Waals surface area contributed by atoms with Crippen LogP contribution >= 0.6 is 43.2 Å². The van der Waals surface area contributed by atoms with E-state index >= 15 is 0 Å². The average Bonchev–Trinajstić information content (AvgIpc) is 3.00. The number of carboxylic acid groups (broad SMARTS) is 1. The highest BCUT2D eigenvalue weighted by Crippen LogP contribution is 2.36. The van der Waals surface area contributed by atoms with Gasteiger partial charge in [0, 0.05) is 15.5 Å². The molecule has 0 amide bonds. The van der Waals surface area contributed by atoms with Crippen molar-refractivity contribution in [2.75, 3.05) is 5.33 Å². The summed E-state index contributed by atoms with van der Waals surface area (Å²) in [6, 6.07) is 3.04. The molecule has 10 heteroatoms. The second-order valence-corrected chi connectivity index (χ2v) is 7.37. The van der Waals surface area contributed by atoms with Crippen molar-refractivity contribution in [3.63, 3.8) is 0 Å². The van der Waals surface area contributed by atoms with Crippen LogP contribution in [0.25, 0.3) is 0 Å². The van der Waals surface area contributed by atoms with Crippen molar-refractivity contribution in [3.8, 4) is 0 Å². The van der Waals surface area contributed by atoms with E-state index in [1.165, 1.54) is 18.2 Å². The van der Waals surface area contributed by atoms with Gasteiger partial charge in [-0.3, -0.25) is 4.99 Å². The van der Waals surface area contributed by atoms with Crippen LogP contribution in [0.2, 0.25) is 0 Å². The van der Waals surface area contributed by atoms with Crippen molar-refractivity contribution in [3.05, 3.63) is 61.7 Å². The molecule has 0 saturated carbocycles. The number of allylic oxidation sites excluding steroid dienone is 1. The quantitative estimate of drug-likeness (QED) is 0.632. The number of carboxylic acids is 1. The van der Waals surface area contributed by atoms with E-state index in [0.29, 0.717) is 20.7 Å². The lowest BCUT2D eigenvalue weighted by Gasteiger charge is -2.25. The predicted molar refractivity (Wildman–Crippen MR) is 97.0 cm³/mol. The molecule has 2 heterocycles. The minimum Gasteiger partial charge on any atom is -0.478 e. The number of rotatable bonds is 4. The first-order valence-electron chi connectivity index (χ1n) is 6.84. The first-order chi connectivity index (χ1) is 11.9. The summed E-state index contributed by atoms with van der Waals surface area (Å²) in [4.78, 5) is 20.1. The summed E-state index contributed by atoms with van der Waals surface area (Å²) < 4.78 is 27.1. The maximum Gasteiger partial charge on any atom is 0.335 e. The van der Waals surface area contributed by atoms with E-state index in [4.69, 9.17) is 0 Å². The van der Waals surface area contributed by atoms with Crippen LogP contribution in [-0.4, -0.2) is 27.2 Å². The van der Waals surface area contributed by atoms with Crippen molar-refractivity contribution >= 4 is 55.0 Å². The predicted octanol–water partition coefficient (Wildman–Crippen LogP) is 4.01. The van der Waals surface area contributed by atoms with E-state index < -0.39 is 23.0 Å². The van der Waals surface area contributed by atoms with Gasteiger partial charge in [0.25, 0.3) is 0 Å². The lowest BCUT2D eigenvalue weighted by molar-refractivity contribution is -0.133. The second-order valence-electron chi connectivity index (χ2n) is 4.97. The number of halogens is 4. The molecule has 0 bridgehead atoms. The normalized spacial score (nSPS) is 17.3. The highest BCUT2D eigenvalue weighted by atomic mass is 79.9. The van der Waals surface area contributed by atoms with E-state index in [0.717, 1.165) is 17.5 Å². The van der Waals surface area contributed by atoms with Gasteiger partial charge in [-0.25, -0.2) is 14.2 Å². The lowest BCUT2D eigenvalue weighted by atomic mass is 9.96. The number of hydrogen-bond acceptors (Lipinski definition) is 5. The van der Waals surface area contributed by atoms with Crippen LogP contribution in [0.5, 0.6) is 0 Å². The fourth-order valence-electron chi connectivity index (χ4n) is 2.37. The maximum atomic E-state index is 13.4. The Morgan fingerprint density at radius 2 is 2.16 bits per heavy atom.